The Morgan fingerprint density at radius 2 is 2.00 bits per heavy atom. The van der Waals surface area contributed by atoms with Crippen LogP contribution in [0.4, 0.5) is 0 Å². The number of oxime groups is 1. The fraction of sp³-hybridized carbons (Fsp3) is 0.364. The molecule has 1 unspecified atom stereocenters. The third-order valence-corrected chi connectivity index (χ3v) is 3.31. The lowest BCUT2D eigenvalue weighted by molar-refractivity contribution is 0.113. The fourth-order valence-electron chi connectivity index (χ4n) is 1.19. The minimum Gasteiger partial charge on any atom is -0.409 e. The van der Waals surface area contributed by atoms with Crippen LogP contribution in [0.25, 0.3) is 0 Å². The number of benzene rings is 1. The number of hydrogen-bond acceptors (Lipinski definition) is 5. The molecule has 1 rings (SSSR count). The number of nitrogens with zero attached hydrogens (tertiary/aromatic N) is 1. The van der Waals surface area contributed by atoms with Crippen LogP contribution in [0.3, 0.4) is 0 Å². The first-order chi connectivity index (χ1) is 8.17. The molecular weight excluding hydrogens is 240 g/mol. The van der Waals surface area contributed by atoms with Gasteiger partial charge in [0.15, 0.2) is 5.84 Å². The van der Waals surface area contributed by atoms with Crippen molar-refractivity contribution >= 4 is 17.6 Å². The highest BCUT2D eigenvalue weighted by molar-refractivity contribution is 7.98. The molecule has 0 bridgehead atoms. The Balaban J connectivity index is 2.46. The van der Waals surface area contributed by atoms with Crippen LogP contribution in [0.1, 0.15) is 11.1 Å². The van der Waals surface area contributed by atoms with E-state index in [0.717, 1.165) is 11.3 Å². The molecule has 5 nitrogen and oxygen atoms in total. The van der Waals surface area contributed by atoms with Gasteiger partial charge in [0.25, 0.3) is 0 Å². The van der Waals surface area contributed by atoms with Crippen molar-refractivity contribution in [3.05, 3.63) is 35.4 Å². The smallest absolute Gasteiger partial charge is 0.170 e. The largest absolute Gasteiger partial charge is 0.409 e. The van der Waals surface area contributed by atoms with Gasteiger partial charge in [-0.3, -0.25) is 0 Å². The number of amidine groups is 1. The van der Waals surface area contributed by atoms with Crippen molar-refractivity contribution in [1.29, 1.82) is 0 Å². The van der Waals surface area contributed by atoms with E-state index in [2.05, 4.69) is 5.16 Å². The molecule has 0 aromatic heterocycles. The van der Waals surface area contributed by atoms with Crippen molar-refractivity contribution in [3.8, 4) is 0 Å². The second kappa shape index (κ2) is 7.16. The van der Waals surface area contributed by atoms with Crippen LogP contribution in [0.15, 0.2) is 29.4 Å². The first kappa shape index (κ1) is 13.8. The standard InChI is InChI=1S/C11H16N2O3S/c12-11(13-16)9-3-1-8(2-4-9)6-17-7-10(15)5-14/h1-4,10,14-16H,5-7H2,(H2,12,13). The van der Waals surface area contributed by atoms with Crippen molar-refractivity contribution < 1.29 is 15.4 Å². The third-order valence-electron chi connectivity index (χ3n) is 2.15. The lowest BCUT2D eigenvalue weighted by atomic mass is 10.1. The zero-order valence-corrected chi connectivity index (χ0v) is 10.1. The monoisotopic (exact) mass is 256 g/mol. The number of thioether (sulfide) groups is 1. The van der Waals surface area contributed by atoms with Crippen LogP contribution in [-0.2, 0) is 5.75 Å². The molecule has 94 valence electrons. The van der Waals surface area contributed by atoms with Crippen molar-refractivity contribution in [2.75, 3.05) is 12.4 Å². The normalized spacial score (nSPS) is 13.6. The van der Waals surface area contributed by atoms with Crippen LogP contribution < -0.4 is 5.73 Å². The van der Waals surface area contributed by atoms with Crippen LogP contribution in [0.2, 0.25) is 0 Å². The van der Waals surface area contributed by atoms with Gasteiger partial charge in [-0.2, -0.15) is 11.8 Å². The molecule has 0 saturated heterocycles. The summed E-state index contributed by atoms with van der Waals surface area (Å²) in [5, 5.41) is 29.2. The Kier molecular flexibility index (Phi) is 5.82. The van der Waals surface area contributed by atoms with Crippen LogP contribution in [0, 0.1) is 0 Å². The van der Waals surface area contributed by atoms with E-state index in [1.54, 1.807) is 12.1 Å². The molecule has 0 saturated carbocycles. The average Bonchev–Trinajstić information content (AvgIpc) is 2.38. The summed E-state index contributed by atoms with van der Waals surface area (Å²) in [5.74, 6) is 1.33. The lowest BCUT2D eigenvalue weighted by Crippen LogP contribution is -2.14. The summed E-state index contributed by atoms with van der Waals surface area (Å²) >= 11 is 1.54. The van der Waals surface area contributed by atoms with Gasteiger partial charge in [0.05, 0.1) is 12.7 Å². The Labute approximate surface area is 104 Å². The predicted octanol–water partition coefficient (Wildman–Crippen LogP) is 0.367. The summed E-state index contributed by atoms with van der Waals surface area (Å²) in [6.07, 6.45) is -0.670. The highest BCUT2D eigenvalue weighted by atomic mass is 32.2. The Morgan fingerprint density at radius 3 is 2.53 bits per heavy atom. The molecule has 0 aliphatic rings. The summed E-state index contributed by atoms with van der Waals surface area (Å²) in [7, 11) is 0. The van der Waals surface area contributed by atoms with Crippen LogP contribution in [-0.4, -0.2) is 39.7 Å². The zero-order valence-electron chi connectivity index (χ0n) is 9.28. The quantitative estimate of drug-likeness (QED) is 0.255. The fourth-order valence-corrected chi connectivity index (χ4v) is 2.12. The molecule has 1 atom stereocenters. The van der Waals surface area contributed by atoms with E-state index in [-0.39, 0.29) is 12.4 Å². The third kappa shape index (κ3) is 4.64. The molecule has 0 heterocycles. The molecule has 0 radical (unpaired) electrons. The Hall–Kier alpha value is -1.24. The van der Waals surface area contributed by atoms with Crippen LogP contribution >= 0.6 is 11.8 Å². The van der Waals surface area contributed by atoms with E-state index < -0.39 is 6.10 Å². The molecule has 0 fully saturated rings. The van der Waals surface area contributed by atoms with Gasteiger partial charge < -0.3 is 21.2 Å². The van der Waals surface area contributed by atoms with Crippen molar-refractivity contribution in [2.45, 2.75) is 11.9 Å². The summed E-state index contributed by atoms with van der Waals surface area (Å²) in [5.41, 5.74) is 7.18. The number of aliphatic hydroxyl groups excluding tert-OH is 2. The maximum atomic E-state index is 9.15. The molecule has 6 heteroatoms. The van der Waals surface area contributed by atoms with E-state index in [1.165, 1.54) is 11.8 Å². The maximum Gasteiger partial charge on any atom is 0.170 e. The van der Waals surface area contributed by atoms with Crippen molar-refractivity contribution in [3.63, 3.8) is 0 Å². The number of hydrogen-bond donors (Lipinski definition) is 4. The molecule has 17 heavy (non-hydrogen) atoms. The van der Waals surface area contributed by atoms with Gasteiger partial charge in [-0.25, -0.2) is 0 Å². The summed E-state index contributed by atoms with van der Waals surface area (Å²) in [4.78, 5) is 0. The van der Waals surface area contributed by atoms with E-state index in [1.807, 2.05) is 12.1 Å². The van der Waals surface area contributed by atoms with Gasteiger partial charge in [-0.15, -0.1) is 0 Å². The van der Waals surface area contributed by atoms with Gasteiger partial charge in [0.1, 0.15) is 0 Å². The zero-order chi connectivity index (χ0) is 12.7. The minimum atomic E-state index is -0.670. The van der Waals surface area contributed by atoms with Gasteiger partial charge in [0.2, 0.25) is 0 Å². The first-order valence-electron chi connectivity index (χ1n) is 5.11. The molecular formula is C11H16N2O3S. The number of rotatable bonds is 6. The molecule has 0 amide bonds. The highest BCUT2D eigenvalue weighted by Gasteiger charge is 2.03. The topological polar surface area (TPSA) is 99.1 Å². The van der Waals surface area contributed by atoms with Gasteiger partial charge in [-0.1, -0.05) is 29.4 Å². The molecule has 0 spiro atoms. The maximum absolute atomic E-state index is 9.15. The van der Waals surface area contributed by atoms with Crippen LogP contribution in [0.5, 0.6) is 0 Å². The molecule has 0 aliphatic carbocycles. The lowest BCUT2D eigenvalue weighted by Gasteiger charge is -2.07. The average molecular weight is 256 g/mol. The molecule has 1 aromatic carbocycles. The van der Waals surface area contributed by atoms with E-state index in [9.17, 15) is 0 Å². The molecule has 5 N–H and O–H groups in total. The second-order valence-electron chi connectivity index (χ2n) is 3.53. The van der Waals surface area contributed by atoms with E-state index in [4.69, 9.17) is 21.2 Å². The first-order valence-corrected chi connectivity index (χ1v) is 6.26. The number of nitrogens with two attached hydrogens (primary N) is 1. The van der Waals surface area contributed by atoms with Gasteiger partial charge in [-0.05, 0) is 5.56 Å². The van der Waals surface area contributed by atoms with Crippen molar-refractivity contribution in [1.82, 2.24) is 0 Å². The summed E-state index contributed by atoms with van der Waals surface area (Å²) in [6, 6.07) is 7.30. The second-order valence-corrected chi connectivity index (χ2v) is 4.56. The van der Waals surface area contributed by atoms with Gasteiger partial charge >= 0.3 is 0 Å². The minimum absolute atomic E-state index is 0.0832. The predicted molar refractivity (Wildman–Crippen MR) is 68.2 cm³/mol. The highest BCUT2D eigenvalue weighted by Crippen LogP contribution is 2.14. The van der Waals surface area contributed by atoms with Gasteiger partial charge in [0, 0.05) is 17.1 Å². The molecule has 0 aliphatic heterocycles. The summed E-state index contributed by atoms with van der Waals surface area (Å²) in [6.45, 7) is -0.213. The number of aliphatic hydroxyl groups is 2. The summed E-state index contributed by atoms with van der Waals surface area (Å²) < 4.78 is 0. The van der Waals surface area contributed by atoms with E-state index >= 15 is 0 Å². The van der Waals surface area contributed by atoms with Crippen molar-refractivity contribution in [2.24, 2.45) is 10.9 Å². The molecule has 1 aromatic rings. The SMILES string of the molecule is NC(=NO)c1ccc(CSCC(O)CO)cc1. The Morgan fingerprint density at radius 1 is 1.35 bits per heavy atom. The Bertz CT molecular complexity index is 367. The van der Waals surface area contributed by atoms with E-state index in [0.29, 0.717) is 11.3 Å².